The molecule has 2 aromatic rings. The van der Waals surface area contributed by atoms with Crippen molar-refractivity contribution in [1.82, 2.24) is 19.9 Å². The summed E-state index contributed by atoms with van der Waals surface area (Å²) in [6, 6.07) is 7.77. The summed E-state index contributed by atoms with van der Waals surface area (Å²) in [6.45, 7) is 6.98. The van der Waals surface area contributed by atoms with Gasteiger partial charge in [-0.05, 0) is 25.0 Å². The van der Waals surface area contributed by atoms with Gasteiger partial charge in [0.2, 0.25) is 5.89 Å². The molecule has 4 rings (SSSR count). The smallest absolute Gasteiger partial charge is 0.255 e. The number of aryl methyl sites for hydroxylation is 1. The Kier molecular flexibility index (Phi) is 6.29. The molecule has 1 amide bonds. The van der Waals surface area contributed by atoms with Crippen LogP contribution in [-0.2, 0) is 10.5 Å². The van der Waals surface area contributed by atoms with Crippen LogP contribution in [0.2, 0.25) is 0 Å². The van der Waals surface area contributed by atoms with Crippen molar-refractivity contribution in [3.8, 4) is 0 Å². The minimum atomic E-state index is 0.101. The molecule has 1 aromatic carbocycles. The molecular weight excluding hydrogens is 376 g/mol. The Balaban J connectivity index is 1.34. The molecule has 0 saturated carbocycles. The lowest BCUT2D eigenvalue weighted by molar-refractivity contribution is 0.0431. The lowest BCUT2D eigenvalue weighted by Crippen LogP contribution is -2.50. The quantitative estimate of drug-likeness (QED) is 0.688. The Bertz CT molecular complexity index is 798. The highest BCUT2D eigenvalue weighted by Gasteiger charge is 2.26. The van der Waals surface area contributed by atoms with E-state index in [1.54, 1.807) is 18.7 Å². The first-order chi connectivity index (χ1) is 13.7. The first kappa shape index (κ1) is 19.4. The number of thioether (sulfide) groups is 1. The fourth-order valence-corrected chi connectivity index (χ4v) is 4.58. The number of ether oxygens (including phenoxy) is 1. The molecule has 0 N–H and O–H groups in total. The average molecular weight is 403 g/mol. The predicted octanol–water partition coefficient (Wildman–Crippen LogP) is 2.61. The zero-order chi connectivity index (χ0) is 19.3. The number of hydrogen-bond donors (Lipinski definition) is 0. The maximum Gasteiger partial charge on any atom is 0.255 e. The third-order valence-corrected chi connectivity index (χ3v) is 6.26. The molecule has 1 atom stereocenters. The molecule has 3 heterocycles. The summed E-state index contributed by atoms with van der Waals surface area (Å²) in [5.74, 6) is 1.88. The second-order valence-corrected chi connectivity index (χ2v) is 8.26. The number of piperazine rings is 1. The van der Waals surface area contributed by atoms with Crippen LogP contribution >= 0.6 is 11.8 Å². The minimum Gasteiger partial charge on any atom is -0.377 e. The summed E-state index contributed by atoms with van der Waals surface area (Å²) in [5.41, 5.74) is 0.750. The van der Waals surface area contributed by atoms with Crippen molar-refractivity contribution in [1.29, 1.82) is 0 Å². The largest absolute Gasteiger partial charge is 0.377 e. The third-order valence-electron chi connectivity index (χ3n) is 5.19. The lowest BCUT2D eigenvalue weighted by atomic mass is 10.1. The van der Waals surface area contributed by atoms with Crippen LogP contribution in [-0.4, -0.2) is 71.3 Å². The van der Waals surface area contributed by atoms with Gasteiger partial charge in [-0.2, -0.15) is 4.98 Å². The Labute approximate surface area is 169 Å². The zero-order valence-electron chi connectivity index (χ0n) is 16.2. The molecule has 1 aromatic heterocycles. The van der Waals surface area contributed by atoms with Crippen LogP contribution < -0.4 is 0 Å². The molecule has 2 aliphatic heterocycles. The van der Waals surface area contributed by atoms with E-state index < -0.39 is 0 Å². The first-order valence-corrected chi connectivity index (χ1v) is 10.8. The van der Waals surface area contributed by atoms with Crippen molar-refractivity contribution in [3.63, 3.8) is 0 Å². The second kappa shape index (κ2) is 9.07. The summed E-state index contributed by atoms with van der Waals surface area (Å²) in [6.07, 6.45) is 2.69. The van der Waals surface area contributed by atoms with E-state index in [9.17, 15) is 4.79 Å². The lowest BCUT2D eigenvalue weighted by Gasteiger charge is -2.36. The number of benzene rings is 1. The number of rotatable bonds is 6. The molecule has 1 unspecified atom stereocenters. The van der Waals surface area contributed by atoms with Crippen molar-refractivity contribution >= 4 is 17.7 Å². The van der Waals surface area contributed by atoms with Gasteiger partial charge in [-0.25, -0.2) is 0 Å². The summed E-state index contributed by atoms with van der Waals surface area (Å²) in [4.78, 5) is 22.7. The van der Waals surface area contributed by atoms with E-state index in [1.165, 1.54) is 6.42 Å². The van der Waals surface area contributed by atoms with Crippen molar-refractivity contribution in [3.05, 3.63) is 41.5 Å². The number of hydrogen-bond acceptors (Lipinski definition) is 7. The van der Waals surface area contributed by atoms with E-state index in [0.29, 0.717) is 23.6 Å². The molecule has 28 heavy (non-hydrogen) atoms. The fourth-order valence-electron chi connectivity index (χ4n) is 3.69. The van der Waals surface area contributed by atoms with Crippen molar-refractivity contribution in [2.45, 2.75) is 36.5 Å². The van der Waals surface area contributed by atoms with Gasteiger partial charge in [-0.3, -0.25) is 9.69 Å². The van der Waals surface area contributed by atoms with Crippen LogP contribution in [0.1, 0.15) is 34.9 Å². The maximum absolute atomic E-state index is 13.1. The Hall–Kier alpha value is -1.90. The van der Waals surface area contributed by atoms with E-state index >= 15 is 0 Å². The third kappa shape index (κ3) is 4.74. The summed E-state index contributed by atoms with van der Waals surface area (Å²) in [5, 5.41) is 3.93. The molecule has 2 aliphatic rings. The molecule has 2 fully saturated rings. The number of nitrogens with zero attached hydrogens (tertiary/aromatic N) is 4. The van der Waals surface area contributed by atoms with E-state index in [2.05, 4.69) is 15.0 Å². The standard InChI is InChI=1S/C20H26N4O3S/c1-15-21-19(22-27-15)14-28-18-7-3-2-6-17(18)20(25)24-10-8-23(9-11-24)13-16-5-4-12-26-16/h2-3,6-7,16H,4-5,8-14H2,1H3. The Morgan fingerprint density at radius 3 is 2.79 bits per heavy atom. The Morgan fingerprint density at radius 2 is 2.07 bits per heavy atom. The van der Waals surface area contributed by atoms with E-state index in [4.69, 9.17) is 9.26 Å². The molecule has 8 heteroatoms. The van der Waals surface area contributed by atoms with Gasteiger partial charge < -0.3 is 14.2 Å². The maximum atomic E-state index is 13.1. The summed E-state index contributed by atoms with van der Waals surface area (Å²) >= 11 is 1.57. The van der Waals surface area contributed by atoms with Crippen LogP contribution in [0.3, 0.4) is 0 Å². The number of amides is 1. The fraction of sp³-hybridized carbons (Fsp3) is 0.550. The number of carbonyl (C=O) groups excluding carboxylic acids is 1. The van der Waals surface area contributed by atoms with Crippen molar-refractivity contribution in [2.24, 2.45) is 0 Å². The second-order valence-electron chi connectivity index (χ2n) is 7.24. The number of aromatic nitrogens is 2. The van der Waals surface area contributed by atoms with Crippen LogP contribution in [0.5, 0.6) is 0 Å². The van der Waals surface area contributed by atoms with Gasteiger partial charge in [0, 0.05) is 51.1 Å². The Morgan fingerprint density at radius 1 is 1.25 bits per heavy atom. The molecule has 0 aliphatic carbocycles. The zero-order valence-corrected chi connectivity index (χ0v) is 17.0. The number of carbonyl (C=O) groups is 1. The van der Waals surface area contributed by atoms with Gasteiger partial charge in [0.05, 0.1) is 17.4 Å². The van der Waals surface area contributed by atoms with E-state index in [1.807, 2.05) is 29.2 Å². The van der Waals surface area contributed by atoms with E-state index in [-0.39, 0.29) is 5.91 Å². The predicted molar refractivity (Wildman–Crippen MR) is 106 cm³/mol. The van der Waals surface area contributed by atoms with E-state index in [0.717, 1.165) is 56.2 Å². The SMILES string of the molecule is Cc1nc(CSc2ccccc2C(=O)N2CCN(CC3CCCO3)CC2)no1. The van der Waals surface area contributed by atoms with Crippen LogP contribution in [0, 0.1) is 6.92 Å². The van der Waals surface area contributed by atoms with Crippen molar-refractivity contribution in [2.75, 3.05) is 39.3 Å². The van der Waals surface area contributed by atoms with Gasteiger partial charge in [-0.15, -0.1) is 11.8 Å². The normalized spacial score (nSPS) is 20.6. The van der Waals surface area contributed by atoms with Gasteiger partial charge >= 0.3 is 0 Å². The van der Waals surface area contributed by atoms with Gasteiger partial charge in [0.1, 0.15) is 0 Å². The van der Waals surface area contributed by atoms with Gasteiger partial charge in [-0.1, -0.05) is 17.3 Å². The minimum absolute atomic E-state index is 0.101. The molecule has 0 radical (unpaired) electrons. The first-order valence-electron chi connectivity index (χ1n) is 9.83. The average Bonchev–Trinajstić information content (AvgIpc) is 3.38. The van der Waals surface area contributed by atoms with Crippen molar-refractivity contribution < 1.29 is 14.1 Å². The summed E-state index contributed by atoms with van der Waals surface area (Å²) < 4.78 is 10.8. The molecule has 2 saturated heterocycles. The summed E-state index contributed by atoms with van der Waals surface area (Å²) in [7, 11) is 0. The van der Waals surface area contributed by atoms with Gasteiger partial charge in [0.25, 0.3) is 5.91 Å². The monoisotopic (exact) mass is 402 g/mol. The topological polar surface area (TPSA) is 71.7 Å². The molecule has 0 bridgehead atoms. The molecule has 0 spiro atoms. The highest BCUT2D eigenvalue weighted by molar-refractivity contribution is 7.98. The van der Waals surface area contributed by atoms with Crippen LogP contribution in [0.15, 0.2) is 33.7 Å². The highest BCUT2D eigenvalue weighted by Crippen LogP contribution is 2.27. The van der Waals surface area contributed by atoms with Gasteiger partial charge in [0.15, 0.2) is 5.82 Å². The molecule has 150 valence electrons. The van der Waals surface area contributed by atoms with Crippen LogP contribution in [0.4, 0.5) is 0 Å². The molecular formula is C20H26N4O3S. The molecule has 7 nitrogen and oxygen atoms in total. The van der Waals surface area contributed by atoms with Crippen LogP contribution in [0.25, 0.3) is 0 Å². The highest BCUT2D eigenvalue weighted by atomic mass is 32.2.